The van der Waals surface area contributed by atoms with Gasteiger partial charge in [0, 0.05) is 18.0 Å². The second-order valence-electron chi connectivity index (χ2n) is 7.04. The summed E-state index contributed by atoms with van der Waals surface area (Å²) in [6.45, 7) is 8.47. The predicted molar refractivity (Wildman–Crippen MR) is 131 cm³/mol. The summed E-state index contributed by atoms with van der Waals surface area (Å²) in [7, 11) is 0. The van der Waals surface area contributed by atoms with Crippen LogP contribution in [0.25, 0.3) is 11.4 Å². The van der Waals surface area contributed by atoms with Crippen LogP contribution >= 0.6 is 24.0 Å². The number of para-hydroxylation sites is 2. The summed E-state index contributed by atoms with van der Waals surface area (Å²) in [6, 6.07) is 18.9. The number of benzene rings is 2. The van der Waals surface area contributed by atoms with Crippen LogP contribution in [0.2, 0.25) is 0 Å². The first-order valence-corrected chi connectivity index (χ1v) is 11.8. The molecule has 5 nitrogen and oxygen atoms in total. The Morgan fingerprint density at radius 3 is 1.94 bits per heavy atom. The van der Waals surface area contributed by atoms with E-state index in [2.05, 4.69) is 18.7 Å². The predicted octanol–water partition coefficient (Wildman–Crippen LogP) is 4.99. The number of aromatic nitrogens is 2. The molecule has 0 saturated heterocycles. The van der Waals surface area contributed by atoms with Crippen LogP contribution in [0.5, 0.6) is 0 Å². The molecule has 7 heteroatoms. The summed E-state index contributed by atoms with van der Waals surface area (Å²) in [5.74, 6) is 0.484. The van der Waals surface area contributed by atoms with Crippen LogP contribution in [0.4, 0.5) is 0 Å². The normalized spacial score (nSPS) is 11.1. The second-order valence-corrected chi connectivity index (χ2v) is 8.49. The number of carbonyl (C=O) groups is 1. The number of ketones is 1. The number of carbonyl (C=O) groups excluding carboxylic acids is 1. The Balaban J connectivity index is 2.26. The molecule has 0 radical (unpaired) electrons. The van der Waals surface area contributed by atoms with Crippen LogP contribution in [0.15, 0.2) is 70.5 Å². The van der Waals surface area contributed by atoms with E-state index in [1.54, 1.807) is 0 Å². The average molecular weight is 454 g/mol. The molecule has 0 aliphatic rings. The van der Waals surface area contributed by atoms with Gasteiger partial charge in [0.1, 0.15) is 5.56 Å². The fraction of sp³-hybridized carbons (Fsp3) is 0.292. The lowest BCUT2D eigenvalue weighted by atomic mass is 10.2. The monoisotopic (exact) mass is 453 g/mol. The lowest BCUT2D eigenvalue weighted by Crippen LogP contribution is -2.31. The van der Waals surface area contributed by atoms with Crippen molar-refractivity contribution in [3.05, 3.63) is 81.4 Å². The summed E-state index contributed by atoms with van der Waals surface area (Å²) in [5, 5.41) is 0.605. The van der Waals surface area contributed by atoms with Crippen molar-refractivity contribution >= 4 is 29.8 Å². The van der Waals surface area contributed by atoms with Crippen molar-refractivity contribution in [2.75, 3.05) is 25.4 Å². The third kappa shape index (κ3) is 5.06. The fourth-order valence-corrected chi connectivity index (χ4v) is 5.13. The van der Waals surface area contributed by atoms with Gasteiger partial charge in [0.25, 0.3) is 5.56 Å². The van der Waals surface area contributed by atoms with Gasteiger partial charge in [0.05, 0.1) is 10.7 Å². The van der Waals surface area contributed by atoms with E-state index in [0.717, 1.165) is 31.1 Å². The molecule has 3 rings (SSSR count). The Morgan fingerprint density at radius 2 is 1.45 bits per heavy atom. The van der Waals surface area contributed by atoms with Crippen LogP contribution in [0.3, 0.4) is 0 Å². The topological polar surface area (TPSA) is 47.2 Å². The smallest absolute Gasteiger partial charge is 0.270 e. The van der Waals surface area contributed by atoms with E-state index in [9.17, 15) is 9.59 Å². The molecule has 0 bridgehead atoms. The molecule has 0 aliphatic carbocycles. The van der Waals surface area contributed by atoms with Gasteiger partial charge in [-0.2, -0.15) is 0 Å². The zero-order chi connectivity index (χ0) is 22.4. The molecule has 3 aromatic rings. The van der Waals surface area contributed by atoms with Crippen molar-refractivity contribution in [1.82, 2.24) is 14.0 Å². The van der Waals surface area contributed by atoms with E-state index >= 15 is 0 Å². The van der Waals surface area contributed by atoms with Gasteiger partial charge in [-0.15, -0.1) is 11.8 Å². The first-order valence-electron chi connectivity index (χ1n) is 10.4. The summed E-state index contributed by atoms with van der Waals surface area (Å²) >= 11 is 7.32. The fourth-order valence-electron chi connectivity index (χ4n) is 3.45. The zero-order valence-electron chi connectivity index (χ0n) is 18.1. The molecule has 0 spiro atoms. The minimum Gasteiger partial charge on any atom is -0.303 e. The maximum atomic E-state index is 13.5. The molecular weight excluding hydrogens is 426 g/mol. The summed E-state index contributed by atoms with van der Waals surface area (Å²) in [4.78, 5) is 28.5. The molecular formula is C24H27N3O2S2. The van der Waals surface area contributed by atoms with Gasteiger partial charge < -0.3 is 4.90 Å². The summed E-state index contributed by atoms with van der Waals surface area (Å²) in [5.41, 5.74) is 1.27. The molecule has 0 amide bonds. The third-order valence-electron chi connectivity index (χ3n) is 5.14. The van der Waals surface area contributed by atoms with Crippen LogP contribution in [0.1, 0.15) is 31.1 Å². The van der Waals surface area contributed by atoms with E-state index in [4.69, 9.17) is 12.2 Å². The maximum absolute atomic E-state index is 13.5. The van der Waals surface area contributed by atoms with Crippen LogP contribution in [0, 0.1) is 4.77 Å². The van der Waals surface area contributed by atoms with Gasteiger partial charge in [-0.05, 0) is 56.5 Å². The highest BCUT2D eigenvalue weighted by Gasteiger charge is 2.22. The number of thioether (sulfide) groups is 1. The highest BCUT2D eigenvalue weighted by atomic mass is 32.2. The quantitative estimate of drug-likeness (QED) is 0.198. The Hall–Kier alpha value is -2.48. The highest BCUT2D eigenvalue weighted by Crippen LogP contribution is 2.26. The number of nitrogens with zero attached hydrogens (tertiary/aromatic N) is 3. The lowest BCUT2D eigenvalue weighted by molar-refractivity contribution is 0.101. The molecule has 162 valence electrons. The number of Topliss-reactive ketones (excluding diaryl/α,β-unsaturated/α-hetero) is 1. The second kappa shape index (κ2) is 10.7. The van der Waals surface area contributed by atoms with Crippen molar-refractivity contribution in [3.8, 4) is 11.4 Å². The molecule has 0 N–H and O–H groups in total. The van der Waals surface area contributed by atoms with Gasteiger partial charge in [0.2, 0.25) is 0 Å². The lowest BCUT2D eigenvalue weighted by Gasteiger charge is -2.21. The largest absolute Gasteiger partial charge is 0.303 e. The molecule has 0 saturated carbocycles. The molecule has 0 atom stereocenters. The van der Waals surface area contributed by atoms with Crippen molar-refractivity contribution in [2.24, 2.45) is 0 Å². The van der Waals surface area contributed by atoms with Gasteiger partial charge in [-0.25, -0.2) is 0 Å². The average Bonchev–Trinajstić information content (AvgIpc) is 2.78. The van der Waals surface area contributed by atoms with Gasteiger partial charge in [-0.1, -0.05) is 50.2 Å². The molecule has 31 heavy (non-hydrogen) atoms. The minimum atomic E-state index is -0.374. The van der Waals surface area contributed by atoms with Gasteiger partial charge in [-0.3, -0.25) is 18.7 Å². The highest BCUT2D eigenvalue weighted by molar-refractivity contribution is 7.99. The van der Waals surface area contributed by atoms with Crippen molar-refractivity contribution in [1.29, 1.82) is 0 Å². The van der Waals surface area contributed by atoms with Crippen molar-refractivity contribution in [2.45, 2.75) is 25.8 Å². The SMILES string of the molecule is CCN(CC)CCSc1c(C(C)=O)c(=O)n(-c2ccccc2)c(=S)n1-c1ccccc1. The molecule has 1 heterocycles. The first kappa shape index (κ1) is 23.2. The van der Waals surface area contributed by atoms with Gasteiger partial charge in [0.15, 0.2) is 10.6 Å². The molecule has 2 aromatic carbocycles. The molecule has 0 aliphatic heterocycles. The molecule has 0 fully saturated rings. The number of hydrogen-bond donors (Lipinski definition) is 0. The molecule has 0 unspecified atom stereocenters. The van der Waals surface area contributed by atoms with Crippen LogP contribution in [-0.4, -0.2) is 45.2 Å². The Morgan fingerprint density at radius 1 is 0.935 bits per heavy atom. The summed E-state index contributed by atoms with van der Waals surface area (Å²) in [6.07, 6.45) is 0. The third-order valence-corrected chi connectivity index (χ3v) is 6.55. The number of rotatable bonds is 9. The Labute approximate surface area is 192 Å². The van der Waals surface area contributed by atoms with E-state index in [0.29, 0.717) is 15.5 Å². The number of hydrogen-bond acceptors (Lipinski definition) is 5. The Kier molecular flexibility index (Phi) is 8.01. The van der Waals surface area contributed by atoms with E-state index in [1.807, 2.05) is 65.2 Å². The van der Waals surface area contributed by atoms with Crippen LogP contribution in [-0.2, 0) is 0 Å². The molecule has 1 aromatic heterocycles. The first-order chi connectivity index (χ1) is 15.0. The van der Waals surface area contributed by atoms with Crippen molar-refractivity contribution < 1.29 is 4.79 Å². The zero-order valence-corrected chi connectivity index (χ0v) is 19.7. The van der Waals surface area contributed by atoms with E-state index < -0.39 is 0 Å². The van der Waals surface area contributed by atoms with Gasteiger partial charge >= 0.3 is 0 Å². The van der Waals surface area contributed by atoms with Crippen molar-refractivity contribution in [3.63, 3.8) is 0 Å². The maximum Gasteiger partial charge on any atom is 0.270 e. The Bertz CT molecular complexity index is 1150. The minimum absolute atomic E-state index is 0.172. The standard InChI is InChI=1S/C24H27N3O2S2/c1-4-25(5-2)16-17-31-23-21(18(3)28)22(29)26(19-12-8-6-9-13-19)24(30)27(23)20-14-10-7-11-15-20/h6-15H,4-5,16-17H2,1-3H3. The summed E-state index contributed by atoms with van der Waals surface area (Å²) < 4.78 is 3.65. The van der Waals surface area contributed by atoms with Crippen LogP contribution < -0.4 is 5.56 Å². The van der Waals surface area contributed by atoms with E-state index in [-0.39, 0.29) is 16.9 Å². The van der Waals surface area contributed by atoms with E-state index in [1.165, 1.54) is 23.3 Å².